The molecule has 1 aromatic heterocycles. The first-order valence-corrected chi connectivity index (χ1v) is 12.7. The molecule has 178 valence electrons. The molecule has 1 saturated carbocycles. The van der Waals surface area contributed by atoms with Crippen molar-refractivity contribution in [1.82, 2.24) is 25.0 Å². The van der Waals surface area contributed by atoms with E-state index < -0.39 is 5.54 Å². The summed E-state index contributed by atoms with van der Waals surface area (Å²) in [7, 11) is 0. The van der Waals surface area contributed by atoms with Crippen LogP contribution < -0.4 is 5.32 Å². The Bertz CT molecular complexity index is 986. The Morgan fingerprint density at radius 2 is 1.47 bits per heavy atom. The van der Waals surface area contributed by atoms with E-state index in [4.69, 9.17) is 0 Å². The van der Waals surface area contributed by atoms with Crippen LogP contribution in [0.5, 0.6) is 0 Å². The van der Waals surface area contributed by atoms with Crippen molar-refractivity contribution in [3.8, 4) is 0 Å². The summed E-state index contributed by atoms with van der Waals surface area (Å²) in [5, 5.41) is 11.5. The fraction of sp³-hybridized carbons (Fsp3) is 0.464. The van der Waals surface area contributed by atoms with E-state index in [1.807, 2.05) is 24.8 Å². The van der Waals surface area contributed by atoms with Crippen LogP contribution in [0.2, 0.25) is 0 Å². The quantitative estimate of drug-likeness (QED) is 0.512. The minimum atomic E-state index is -0.533. The molecule has 1 aliphatic carbocycles. The van der Waals surface area contributed by atoms with Crippen LogP contribution in [0, 0.1) is 5.92 Å². The fourth-order valence-electron chi connectivity index (χ4n) is 5.52. The largest absolute Gasteiger partial charge is 0.342 e. The van der Waals surface area contributed by atoms with Crippen LogP contribution in [-0.2, 0) is 10.3 Å². The first kappa shape index (κ1) is 22.8. The Balaban J connectivity index is 1.36. The smallest absolute Gasteiger partial charge is 0.221 e. The molecular formula is C28H35N5O. The van der Waals surface area contributed by atoms with Gasteiger partial charge in [-0.3, -0.25) is 4.79 Å². The molecule has 1 saturated heterocycles. The van der Waals surface area contributed by atoms with Gasteiger partial charge in [-0.25, -0.2) is 0 Å². The third kappa shape index (κ3) is 5.07. The molecule has 1 N–H and O–H groups in total. The van der Waals surface area contributed by atoms with E-state index in [0.29, 0.717) is 18.4 Å². The van der Waals surface area contributed by atoms with Crippen LogP contribution in [0.1, 0.15) is 62.1 Å². The maximum absolute atomic E-state index is 13.3. The summed E-state index contributed by atoms with van der Waals surface area (Å²) in [5.41, 5.74) is 1.78. The highest BCUT2D eigenvalue weighted by atomic mass is 16.1. The number of aromatic nitrogens is 3. The van der Waals surface area contributed by atoms with Gasteiger partial charge in [-0.2, -0.15) is 0 Å². The second-order valence-corrected chi connectivity index (χ2v) is 9.92. The molecule has 0 unspecified atom stereocenters. The highest BCUT2D eigenvalue weighted by molar-refractivity contribution is 5.78. The molecule has 0 atom stereocenters. The van der Waals surface area contributed by atoms with Crippen molar-refractivity contribution in [3.63, 3.8) is 0 Å². The van der Waals surface area contributed by atoms with Gasteiger partial charge in [0.1, 0.15) is 12.7 Å². The van der Waals surface area contributed by atoms with Crippen LogP contribution in [0.4, 0.5) is 0 Å². The molecule has 0 radical (unpaired) electrons. The zero-order chi connectivity index (χ0) is 23.2. The number of hydrogen-bond acceptors (Lipinski definition) is 4. The van der Waals surface area contributed by atoms with Gasteiger partial charge in [-0.15, -0.1) is 10.2 Å². The SMILES string of the molecule is O=C(CC1CCC1)NC(CCN1CCC(n2cnnc2)CC1)(c1ccccc1)c1ccccc1. The minimum absolute atomic E-state index is 0.170. The Labute approximate surface area is 202 Å². The third-order valence-corrected chi connectivity index (χ3v) is 7.80. The predicted octanol–water partition coefficient (Wildman–Crippen LogP) is 4.56. The van der Waals surface area contributed by atoms with Gasteiger partial charge < -0.3 is 14.8 Å². The van der Waals surface area contributed by atoms with Gasteiger partial charge in [-0.1, -0.05) is 67.1 Å². The zero-order valence-corrected chi connectivity index (χ0v) is 19.9. The topological polar surface area (TPSA) is 63.1 Å². The normalized spacial score (nSPS) is 17.9. The minimum Gasteiger partial charge on any atom is -0.342 e. The van der Waals surface area contributed by atoms with Crippen molar-refractivity contribution in [2.24, 2.45) is 5.92 Å². The predicted molar refractivity (Wildman–Crippen MR) is 133 cm³/mol. The molecular weight excluding hydrogens is 422 g/mol. The second kappa shape index (κ2) is 10.5. The molecule has 6 nitrogen and oxygen atoms in total. The van der Waals surface area contributed by atoms with Crippen molar-refractivity contribution in [1.29, 1.82) is 0 Å². The average Bonchev–Trinajstić information content (AvgIpc) is 3.41. The van der Waals surface area contributed by atoms with E-state index in [0.717, 1.165) is 50.0 Å². The number of piperidine rings is 1. The molecule has 2 heterocycles. The summed E-state index contributed by atoms with van der Waals surface area (Å²) < 4.78 is 2.14. The lowest BCUT2D eigenvalue weighted by Crippen LogP contribution is -2.50. The van der Waals surface area contributed by atoms with E-state index in [1.54, 1.807) is 0 Å². The summed E-state index contributed by atoms with van der Waals surface area (Å²) in [4.78, 5) is 15.8. The van der Waals surface area contributed by atoms with Crippen molar-refractivity contribution >= 4 is 5.91 Å². The second-order valence-electron chi connectivity index (χ2n) is 9.92. The molecule has 34 heavy (non-hydrogen) atoms. The average molecular weight is 458 g/mol. The summed E-state index contributed by atoms with van der Waals surface area (Å²) in [6, 6.07) is 21.5. The van der Waals surface area contributed by atoms with Crippen molar-refractivity contribution < 1.29 is 4.79 Å². The van der Waals surface area contributed by atoms with Gasteiger partial charge in [0.15, 0.2) is 0 Å². The van der Waals surface area contributed by atoms with E-state index >= 15 is 0 Å². The van der Waals surface area contributed by atoms with Crippen LogP contribution in [0.3, 0.4) is 0 Å². The van der Waals surface area contributed by atoms with Gasteiger partial charge in [0.2, 0.25) is 5.91 Å². The number of rotatable bonds is 9. The highest BCUT2D eigenvalue weighted by Gasteiger charge is 2.37. The summed E-state index contributed by atoms with van der Waals surface area (Å²) in [5.74, 6) is 0.713. The van der Waals surface area contributed by atoms with Crippen molar-refractivity contribution in [2.45, 2.75) is 56.5 Å². The standard InChI is InChI=1S/C28H35N5O/c34-27(20-23-8-7-9-23)31-28(24-10-3-1-4-11-24,25-12-5-2-6-13-25)16-19-32-17-14-26(15-18-32)33-21-29-30-22-33/h1-6,10-13,21-23,26H,7-9,14-20H2,(H,31,34). The first-order valence-electron chi connectivity index (χ1n) is 12.7. The van der Waals surface area contributed by atoms with E-state index in [2.05, 4.69) is 73.5 Å². The van der Waals surface area contributed by atoms with Gasteiger partial charge in [-0.05, 0) is 49.1 Å². The lowest BCUT2D eigenvalue weighted by molar-refractivity contribution is -0.124. The Morgan fingerprint density at radius 3 is 2.00 bits per heavy atom. The molecule has 3 aromatic rings. The molecule has 2 aliphatic rings. The number of benzene rings is 2. The molecule has 0 bridgehead atoms. The lowest BCUT2D eigenvalue weighted by Gasteiger charge is -2.40. The van der Waals surface area contributed by atoms with Crippen LogP contribution in [-0.4, -0.2) is 45.2 Å². The number of carbonyl (C=O) groups is 1. The van der Waals surface area contributed by atoms with Gasteiger partial charge in [0, 0.05) is 32.1 Å². The first-order chi connectivity index (χ1) is 16.7. The monoisotopic (exact) mass is 457 g/mol. The Kier molecular flexibility index (Phi) is 7.05. The number of nitrogens with one attached hydrogen (secondary N) is 1. The van der Waals surface area contributed by atoms with Gasteiger partial charge >= 0.3 is 0 Å². The number of nitrogens with zero attached hydrogens (tertiary/aromatic N) is 4. The number of likely N-dealkylation sites (tertiary alicyclic amines) is 1. The molecule has 0 spiro atoms. The summed E-state index contributed by atoms with van der Waals surface area (Å²) in [6.45, 7) is 3.01. The summed E-state index contributed by atoms with van der Waals surface area (Å²) >= 11 is 0. The van der Waals surface area contributed by atoms with Crippen LogP contribution >= 0.6 is 0 Å². The maximum atomic E-state index is 13.3. The highest BCUT2D eigenvalue weighted by Crippen LogP contribution is 2.36. The van der Waals surface area contributed by atoms with Crippen LogP contribution in [0.15, 0.2) is 73.3 Å². The summed E-state index contributed by atoms with van der Waals surface area (Å²) in [6.07, 6.45) is 10.9. The van der Waals surface area contributed by atoms with Gasteiger partial charge in [0.05, 0.1) is 5.54 Å². The molecule has 2 fully saturated rings. The number of carbonyl (C=O) groups excluding carboxylic acids is 1. The van der Waals surface area contributed by atoms with E-state index in [1.165, 1.54) is 19.3 Å². The van der Waals surface area contributed by atoms with E-state index in [9.17, 15) is 4.79 Å². The molecule has 2 aromatic carbocycles. The third-order valence-electron chi connectivity index (χ3n) is 7.80. The maximum Gasteiger partial charge on any atom is 0.221 e. The van der Waals surface area contributed by atoms with Crippen molar-refractivity contribution in [2.75, 3.05) is 19.6 Å². The number of amides is 1. The van der Waals surface area contributed by atoms with Crippen molar-refractivity contribution in [3.05, 3.63) is 84.4 Å². The van der Waals surface area contributed by atoms with Gasteiger partial charge in [0.25, 0.3) is 0 Å². The number of hydrogen-bond donors (Lipinski definition) is 1. The van der Waals surface area contributed by atoms with E-state index in [-0.39, 0.29) is 5.91 Å². The van der Waals surface area contributed by atoms with Crippen LogP contribution in [0.25, 0.3) is 0 Å². The fourth-order valence-corrected chi connectivity index (χ4v) is 5.52. The lowest BCUT2D eigenvalue weighted by atomic mass is 9.78. The molecule has 1 aliphatic heterocycles. The molecule has 1 amide bonds. The Morgan fingerprint density at radius 1 is 0.882 bits per heavy atom. The molecule has 5 rings (SSSR count). The molecule has 6 heteroatoms. The Hall–Kier alpha value is -2.99. The zero-order valence-electron chi connectivity index (χ0n) is 19.9.